The third-order valence-electron chi connectivity index (χ3n) is 3.19. The van der Waals surface area contributed by atoms with Crippen molar-refractivity contribution in [2.45, 2.75) is 0 Å². The van der Waals surface area contributed by atoms with Gasteiger partial charge in [-0.1, -0.05) is 23.7 Å². The van der Waals surface area contributed by atoms with E-state index >= 15 is 0 Å². The quantitative estimate of drug-likeness (QED) is 0.726. The van der Waals surface area contributed by atoms with Gasteiger partial charge in [0.15, 0.2) is 0 Å². The lowest BCUT2D eigenvalue weighted by Gasteiger charge is -2.16. The Morgan fingerprint density at radius 3 is 2.19 bits per heavy atom. The normalized spacial score (nSPS) is 13.3. The van der Waals surface area contributed by atoms with Gasteiger partial charge in [0.25, 0.3) is 11.8 Å². The summed E-state index contributed by atoms with van der Waals surface area (Å²) in [6.45, 7) is 0. The molecule has 0 unspecified atom stereocenters. The van der Waals surface area contributed by atoms with Gasteiger partial charge in [-0.25, -0.2) is 4.90 Å². The summed E-state index contributed by atoms with van der Waals surface area (Å²) >= 11 is 9.24. The number of rotatable bonds is 1. The fourth-order valence-corrected chi connectivity index (χ4v) is 2.72. The number of fused-ring (bicyclic) bond motifs is 1. The SMILES string of the molecule is N#Cc1cc(Br)c(Cl)cc1N1C(=O)c2ccccc2C1=O. The summed E-state index contributed by atoms with van der Waals surface area (Å²) in [4.78, 5) is 25.8. The fraction of sp³-hybridized carbons (Fsp3) is 0. The summed E-state index contributed by atoms with van der Waals surface area (Å²) in [5, 5.41) is 9.54. The van der Waals surface area contributed by atoms with E-state index in [1.165, 1.54) is 12.1 Å². The van der Waals surface area contributed by atoms with Gasteiger partial charge >= 0.3 is 0 Å². The molecule has 6 heteroatoms. The van der Waals surface area contributed by atoms with Crippen molar-refractivity contribution in [1.82, 2.24) is 0 Å². The van der Waals surface area contributed by atoms with Crippen LogP contribution in [0.5, 0.6) is 0 Å². The van der Waals surface area contributed by atoms with Crippen molar-refractivity contribution < 1.29 is 9.59 Å². The molecule has 1 aliphatic rings. The molecular weight excluding hydrogens is 356 g/mol. The van der Waals surface area contributed by atoms with Crippen LogP contribution < -0.4 is 4.90 Å². The van der Waals surface area contributed by atoms with Gasteiger partial charge in [0.1, 0.15) is 6.07 Å². The summed E-state index contributed by atoms with van der Waals surface area (Å²) in [6.07, 6.45) is 0. The van der Waals surface area contributed by atoms with Crippen molar-refractivity contribution in [2.24, 2.45) is 0 Å². The van der Waals surface area contributed by atoms with Crippen LogP contribution in [0.15, 0.2) is 40.9 Å². The maximum atomic E-state index is 12.4. The van der Waals surface area contributed by atoms with E-state index in [0.717, 1.165) is 4.90 Å². The van der Waals surface area contributed by atoms with Gasteiger partial charge in [0, 0.05) is 4.47 Å². The minimum Gasteiger partial charge on any atom is -0.268 e. The molecule has 0 saturated heterocycles. The predicted octanol–water partition coefficient (Wildman–Crippen LogP) is 3.77. The van der Waals surface area contributed by atoms with E-state index < -0.39 is 11.8 Å². The monoisotopic (exact) mass is 360 g/mol. The second kappa shape index (κ2) is 4.99. The first-order chi connectivity index (χ1) is 10.0. The first kappa shape index (κ1) is 13.8. The molecule has 0 aromatic heterocycles. The second-order valence-corrected chi connectivity index (χ2v) is 5.65. The van der Waals surface area contributed by atoms with Crippen LogP contribution in [-0.2, 0) is 0 Å². The van der Waals surface area contributed by atoms with Gasteiger partial charge in [0.2, 0.25) is 0 Å². The number of halogens is 2. The van der Waals surface area contributed by atoms with Gasteiger partial charge in [0.05, 0.1) is 27.4 Å². The molecule has 0 fully saturated rings. The standard InChI is InChI=1S/C15H6BrClN2O2/c16-11-5-8(7-18)13(6-12(11)17)19-14(20)9-3-1-2-4-10(9)15(19)21/h1-6H. The molecule has 0 radical (unpaired) electrons. The Balaban J connectivity index is 2.20. The summed E-state index contributed by atoms with van der Waals surface area (Å²) in [5.74, 6) is -0.907. The molecule has 0 atom stereocenters. The zero-order valence-electron chi connectivity index (χ0n) is 10.4. The number of benzene rings is 2. The maximum absolute atomic E-state index is 12.4. The summed E-state index contributed by atoms with van der Waals surface area (Å²) in [6, 6.07) is 11.4. The Labute approximate surface area is 133 Å². The lowest BCUT2D eigenvalue weighted by molar-refractivity contribution is 0.0926. The Hall–Kier alpha value is -2.16. The molecule has 0 aliphatic carbocycles. The highest BCUT2D eigenvalue weighted by molar-refractivity contribution is 9.10. The number of imide groups is 1. The van der Waals surface area contributed by atoms with E-state index in [-0.39, 0.29) is 11.3 Å². The van der Waals surface area contributed by atoms with Gasteiger partial charge in [-0.15, -0.1) is 0 Å². The number of anilines is 1. The minimum atomic E-state index is -0.453. The number of carbonyl (C=O) groups excluding carboxylic acids is 2. The maximum Gasteiger partial charge on any atom is 0.266 e. The molecule has 1 aliphatic heterocycles. The molecule has 102 valence electrons. The molecule has 3 rings (SSSR count). The lowest BCUT2D eigenvalue weighted by atomic mass is 10.1. The molecule has 0 bridgehead atoms. The summed E-state index contributed by atoms with van der Waals surface area (Å²) < 4.78 is 0.529. The van der Waals surface area contributed by atoms with Crippen LogP contribution in [0, 0.1) is 11.3 Å². The van der Waals surface area contributed by atoms with Crippen LogP contribution >= 0.6 is 27.5 Å². The van der Waals surface area contributed by atoms with Crippen molar-refractivity contribution in [1.29, 1.82) is 5.26 Å². The molecule has 2 amide bonds. The van der Waals surface area contributed by atoms with Gasteiger partial charge in [-0.05, 0) is 40.2 Å². The molecule has 1 heterocycles. The Bertz CT molecular complexity index is 807. The molecule has 21 heavy (non-hydrogen) atoms. The van der Waals surface area contributed by atoms with E-state index in [0.29, 0.717) is 20.6 Å². The molecule has 0 N–H and O–H groups in total. The molecule has 4 nitrogen and oxygen atoms in total. The van der Waals surface area contributed by atoms with Crippen molar-refractivity contribution in [3.05, 3.63) is 62.6 Å². The Kier molecular flexibility index (Phi) is 3.28. The first-order valence-electron chi connectivity index (χ1n) is 5.91. The highest BCUT2D eigenvalue weighted by Gasteiger charge is 2.37. The average Bonchev–Trinajstić information content (AvgIpc) is 2.74. The van der Waals surface area contributed by atoms with Crippen LogP contribution in [-0.4, -0.2) is 11.8 Å². The van der Waals surface area contributed by atoms with Crippen LogP contribution in [0.25, 0.3) is 0 Å². The molecule has 2 aromatic carbocycles. The molecule has 2 aromatic rings. The number of hydrogen-bond donors (Lipinski definition) is 0. The minimum absolute atomic E-state index is 0.192. The second-order valence-electron chi connectivity index (χ2n) is 4.39. The van der Waals surface area contributed by atoms with E-state index in [1.807, 2.05) is 6.07 Å². The molecule has 0 spiro atoms. The number of nitrogens with zero attached hydrogens (tertiary/aromatic N) is 2. The third-order valence-corrected chi connectivity index (χ3v) is 4.39. The summed E-state index contributed by atoms with van der Waals surface area (Å²) in [7, 11) is 0. The van der Waals surface area contributed by atoms with Crippen molar-refractivity contribution in [3.63, 3.8) is 0 Å². The zero-order chi connectivity index (χ0) is 15.1. The highest BCUT2D eigenvalue weighted by Crippen LogP contribution is 2.35. The van der Waals surface area contributed by atoms with Crippen LogP contribution in [0.3, 0.4) is 0 Å². The van der Waals surface area contributed by atoms with E-state index in [1.54, 1.807) is 24.3 Å². The lowest BCUT2D eigenvalue weighted by Crippen LogP contribution is -2.30. The van der Waals surface area contributed by atoms with Crippen LogP contribution in [0.1, 0.15) is 26.3 Å². The van der Waals surface area contributed by atoms with Gasteiger partial charge in [-0.2, -0.15) is 5.26 Å². The summed E-state index contributed by atoms with van der Waals surface area (Å²) in [5.41, 5.74) is 1.04. The first-order valence-corrected chi connectivity index (χ1v) is 7.08. The van der Waals surface area contributed by atoms with Crippen molar-refractivity contribution >= 4 is 45.0 Å². The molecular formula is C15H6BrClN2O2. The predicted molar refractivity (Wildman–Crippen MR) is 81.4 cm³/mol. The number of carbonyl (C=O) groups is 2. The zero-order valence-corrected chi connectivity index (χ0v) is 12.8. The van der Waals surface area contributed by atoms with E-state index in [2.05, 4.69) is 15.9 Å². The largest absolute Gasteiger partial charge is 0.268 e. The third kappa shape index (κ3) is 2.04. The fourth-order valence-electron chi connectivity index (χ4n) is 2.22. The molecule has 0 saturated carbocycles. The van der Waals surface area contributed by atoms with Crippen LogP contribution in [0.2, 0.25) is 5.02 Å². The van der Waals surface area contributed by atoms with Crippen molar-refractivity contribution in [2.75, 3.05) is 4.90 Å². The number of hydrogen-bond acceptors (Lipinski definition) is 3. The highest BCUT2D eigenvalue weighted by atomic mass is 79.9. The van der Waals surface area contributed by atoms with E-state index in [4.69, 9.17) is 11.6 Å². The smallest absolute Gasteiger partial charge is 0.266 e. The Morgan fingerprint density at radius 2 is 1.67 bits per heavy atom. The van der Waals surface area contributed by atoms with Crippen molar-refractivity contribution in [3.8, 4) is 6.07 Å². The van der Waals surface area contributed by atoms with E-state index in [9.17, 15) is 14.9 Å². The van der Waals surface area contributed by atoms with Crippen LogP contribution in [0.4, 0.5) is 5.69 Å². The topological polar surface area (TPSA) is 61.2 Å². The van der Waals surface area contributed by atoms with Gasteiger partial charge < -0.3 is 0 Å². The van der Waals surface area contributed by atoms with Gasteiger partial charge in [-0.3, -0.25) is 9.59 Å². The number of amides is 2. The Morgan fingerprint density at radius 1 is 1.10 bits per heavy atom. The average molecular weight is 362 g/mol. The number of nitriles is 1.